The van der Waals surface area contributed by atoms with Gasteiger partial charge in [0.15, 0.2) is 0 Å². The second-order valence-corrected chi connectivity index (χ2v) is 27.0. The Labute approximate surface area is 550 Å². The Morgan fingerprint density at radius 3 is 0.989 bits per heavy atom. The first kappa shape index (κ1) is 85.4. The first-order valence-corrected chi connectivity index (χ1v) is 38.2. The highest BCUT2D eigenvalue weighted by Crippen LogP contribution is 2.43. The highest BCUT2D eigenvalue weighted by Gasteiger charge is 2.28. The summed E-state index contributed by atoms with van der Waals surface area (Å²) in [6, 6.07) is -0.865. The van der Waals surface area contributed by atoms with Crippen molar-refractivity contribution >= 4 is 13.7 Å². The molecule has 0 saturated heterocycles. The second-order valence-electron chi connectivity index (χ2n) is 25.6. The third-order valence-electron chi connectivity index (χ3n) is 15.8. The van der Waals surface area contributed by atoms with Crippen molar-refractivity contribution in [2.24, 2.45) is 0 Å². The van der Waals surface area contributed by atoms with Gasteiger partial charge in [0.25, 0.3) is 0 Å². The smallest absolute Gasteiger partial charge is 0.387 e. The average molecular weight is 1260 g/mol. The Morgan fingerprint density at radius 2 is 0.674 bits per heavy atom. The van der Waals surface area contributed by atoms with Gasteiger partial charge in [0, 0.05) is 6.42 Å². The minimum Gasteiger partial charge on any atom is -0.387 e. The third-order valence-corrected chi connectivity index (χ3v) is 16.8. The van der Waals surface area contributed by atoms with Gasteiger partial charge < -0.3 is 19.8 Å². The SMILES string of the molecule is CC/C=C\C/C=C\C/C=C\C/C=C\C/C=C\C/C=C\C/C=C\C/C=C\C/C=C\C/C=C\C/C=C\CCCCCCCCCC(=O)NC(COP(=O)(O)OCC[N+](C)(C)C)C(O)/C=C/CCCCCCCCCCCCCCCCCCCCCCCCCC. The maximum absolute atomic E-state index is 13.1. The molecule has 0 aromatic heterocycles. The van der Waals surface area contributed by atoms with Crippen LogP contribution in [-0.2, 0) is 18.4 Å². The molecule has 3 unspecified atom stereocenters. The van der Waals surface area contributed by atoms with Gasteiger partial charge in [-0.2, -0.15) is 0 Å². The Kier molecular flexibility index (Phi) is 65.9. The number of nitrogens with zero attached hydrogens (tertiary/aromatic N) is 1. The van der Waals surface area contributed by atoms with E-state index in [4.69, 9.17) is 9.05 Å². The van der Waals surface area contributed by atoms with Crippen molar-refractivity contribution in [1.29, 1.82) is 0 Å². The molecule has 8 nitrogen and oxygen atoms in total. The highest BCUT2D eigenvalue weighted by molar-refractivity contribution is 7.47. The van der Waals surface area contributed by atoms with Crippen LogP contribution in [0.4, 0.5) is 0 Å². The van der Waals surface area contributed by atoms with Crippen molar-refractivity contribution in [1.82, 2.24) is 5.32 Å². The molecule has 510 valence electrons. The molecule has 0 heterocycles. The summed E-state index contributed by atoms with van der Waals surface area (Å²) in [5, 5.41) is 14.0. The summed E-state index contributed by atoms with van der Waals surface area (Å²) in [5.41, 5.74) is 0. The Hall–Kier alpha value is -3.62. The van der Waals surface area contributed by atoms with Crippen LogP contribution in [0.15, 0.2) is 146 Å². The molecule has 3 atom stereocenters. The number of phosphoric acid groups is 1. The highest BCUT2D eigenvalue weighted by atomic mass is 31.2. The van der Waals surface area contributed by atoms with Crippen molar-refractivity contribution in [2.45, 2.75) is 315 Å². The van der Waals surface area contributed by atoms with E-state index in [9.17, 15) is 19.4 Å². The van der Waals surface area contributed by atoms with Gasteiger partial charge in [-0.3, -0.25) is 13.8 Å². The number of likely N-dealkylation sites (N-methyl/N-ethyl adjacent to an activating group) is 1. The lowest BCUT2D eigenvalue weighted by Crippen LogP contribution is -2.45. The number of phosphoric ester groups is 1. The van der Waals surface area contributed by atoms with E-state index < -0.39 is 20.0 Å². The number of amides is 1. The fourth-order valence-electron chi connectivity index (χ4n) is 10.2. The molecule has 3 N–H and O–H groups in total. The fourth-order valence-corrected chi connectivity index (χ4v) is 10.9. The topological polar surface area (TPSA) is 105 Å². The number of allylic oxidation sites excluding steroid dienone is 23. The minimum absolute atomic E-state index is 0.0527. The van der Waals surface area contributed by atoms with Crippen LogP contribution in [0.25, 0.3) is 0 Å². The summed E-state index contributed by atoms with van der Waals surface area (Å²) in [5.74, 6) is -0.191. The van der Waals surface area contributed by atoms with Gasteiger partial charge in [-0.25, -0.2) is 4.57 Å². The number of carbonyl (C=O) groups is 1. The van der Waals surface area contributed by atoms with Gasteiger partial charge in [0.2, 0.25) is 5.91 Å². The lowest BCUT2D eigenvalue weighted by atomic mass is 10.0. The molecule has 0 fully saturated rings. The Balaban J connectivity index is 4.15. The van der Waals surface area contributed by atoms with Crippen molar-refractivity contribution < 1.29 is 32.9 Å². The van der Waals surface area contributed by atoms with E-state index >= 15 is 0 Å². The fraction of sp³-hybridized carbons (Fsp3) is 0.688. The number of quaternary nitrogens is 1. The first-order chi connectivity index (χ1) is 43.5. The Morgan fingerprint density at radius 1 is 0.393 bits per heavy atom. The van der Waals surface area contributed by atoms with Gasteiger partial charge in [-0.1, -0.05) is 339 Å². The lowest BCUT2D eigenvalue weighted by molar-refractivity contribution is -0.870. The zero-order valence-electron chi connectivity index (χ0n) is 58.4. The standard InChI is InChI=1S/C80H139N2O6P/c1-6-8-10-12-14-16-18-20-22-24-26-28-30-32-34-35-36-37-38-39-40-41-42-43-44-45-46-47-48-50-52-54-56-58-60-62-64-66-68-70-72-74-80(84)81-78(77-88-89(85,86)87-76-75-82(3,4)5)79(83)73-71-69-67-65-63-61-59-57-55-53-51-49-33-31-29-27-25-23-21-19-17-15-13-11-9-7-2/h8,10,14,16,20,22,26,28,32,34,36-37,39-40,42-43,45-46,48,50,54,56,71,73,78-79,83H,6-7,9,11-13,15,17-19,21,23-25,27,29-31,33,35,38,41,44,47,49,51-53,55,57-70,72,74-77H2,1-5H3,(H-,81,84,85,86)/p+1/b10-8-,16-14-,22-20-,28-26-,34-32-,37-36-,40-39-,43-42-,46-45-,50-48-,56-54-,73-71+. The zero-order valence-corrected chi connectivity index (χ0v) is 59.3. The molecule has 0 aliphatic heterocycles. The molecule has 0 aliphatic rings. The van der Waals surface area contributed by atoms with E-state index in [2.05, 4.69) is 153 Å². The van der Waals surface area contributed by atoms with Crippen molar-refractivity contribution in [2.75, 3.05) is 40.9 Å². The minimum atomic E-state index is -4.37. The van der Waals surface area contributed by atoms with E-state index in [1.54, 1.807) is 6.08 Å². The summed E-state index contributed by atoms with van der Waals surface area (Å²) in [6.45, 7) is 4.71. The third kappa shape index (κ3) is 71.7. The molecule has 0 aromatic rings. The van der Waals surface area contributed by atoms with Gasteiger partial charge >= 0.3 is 7.82 Å². The van der Waals surface area contributed by atoms with Crippen LogP contribution in [0.3, 0.4) is 0 Å². The van der Waals surface area contributed by atoms with Crippen LogP contribution in [0.5, 0.6) is 0 Å². The van der Waals surface area contributed by atoms with Crippen LogP contribution in [0.2, 0.25) is 0 Å². The normalized spacial score (nSPS) is 14.5. The maximum atomic E-state index is 13.1. The Bertz CT molecular complexity index is 1960. The van der Waals surface area contributed by atoms with E-state index in [0.717, 1.165) is 122 Å². The van der Waals surface area contributed by atoms with Crippen LogP contribution in [-0.4, -0.2) is 73.4 Å². The van der Waals surface area contributed by atoms with Crippen molar-refractivity contribution in [3.05, 3.63) is 146 Å². The number of carbonyl (C=O) groups excluding carboxylic acids is 1. The number of unbranched alkanes of at least 4 members (excludes halogenated alkanes) is 31. The molecule has 0 spiro atoms. The van der Waals surface area contributed by atoms with E-state index in [0.29, 0.717) is 17.4 Å². The van der Waals surface area contributed by atoms with Gasteiger partial charge in [-0.05, 0) is 103 Å². The molecule has 0 bridgehead atoms. The number of aliphatic hydroxyl groups is 1. The summed E-state index contributed by atoms with van der Waals surface area (Å²) < 4.78 is 23.8. The van der Waals surface area contributed by atoms with Gasteiger partial charge in [-0.15, -0.1) is 0 Å². The molecule has 0 rings (SSSR count). The van der Waals surface area contributed by atoms with Gasteiger partial charge in [0.05, 0.1) is 39.9 Å². The molecule has 0 radical (unpaired) electrons. The summed E-state index contributed by atoms with van der Waals surface area (Å²) in [7, 11) is 1.55. The maximum Gasteiger partial charge on any atom is 0.472 e. The molecule has 1 amide bonds. The van der Waals surface area contributed by atoms with Crippen LogP contribution in [0, 0.1) is 0 Å². The second kappa shape index (κ2) is 68.7. The van der Waals surface area contributed by atoms with E-state index in [-0.39, 0.29) is 19.1 Å². The zero-order chi connectivity index (χ0) is 64.8. The first-order valence-electron chi connectivity index (χ1n) is 36.7. The van der Waals surface area contributed by atoms with Crippen LogP contribution < -0.4 is 5.32 Å². The van der Waals surface area contributed by atoms with Crippen molar-refractivity contribution in [3.8, 4) is 0 Å². The van der Waals surface area contributed by atoms with E-state index in [1.165, 1.54) is 161 Å². The monoisotopic (exact) mass is 1260 g/mol. The molecular weight excluding hydrogens is 1120 g/mol. The average Bonchev–Trinajstić information content (AvgIpc) is 3.61. The summed E-state index contributed by atoms with van der Waals surface area (Å²) in [6.07, 6.45) is 106. The quantitative estimate of drug-likeness (QED) is 0.0243. The number of aliphatic hydroxyl groups excluding tert-OH is 1. The predicted octanol–water partition coefficient (Wildman–Crippen LogP) is 23.9. The molecule has 0 aromatic carbocycles. The lowest BCUT2D eigenvalue weighted by Gasteiger charge is -2.25. The number of hydrogen-bond donors (Lipinski definition) is 3. The number of hydrogen-bond acceptors (Lipinski definition) is 5. The molecule has 9 heteroatoms. The summed E-state index contributed by atoms with van der Waals surface area (Å²) >= 11 is 0. The van der Waals surface area contributed by atoms with E-state index in [1.807, 2.05) is 27.2 Å². The molecular formula is C80H140N2O6P+. The number of nitrogens with one attached hydrogen (secondary N) is 1. The van der Waals surface area contributed by atoms with Crippen LogP contribution in [0.1, 0.15) is 303 Å². The number of rotatable bonds is 66. The molecule has 0 aliphatic carbocycles. The van der Waals surface area contributed by atoms with Crippen LogP contribution >= 0.6 is 7.82 Å². The molecule has 0 saturated carbocycles. The van der Waals surface area contributed by atoms with Crippen molar-refractivity contribution in [3.63, 3.8) is 0 Å². The predicted molar refractivity (Wildman–Crippen MR) is 391 cm³/mol. The summed E-state index contributed by atoms with van der Waals surface area (Å²) in [4.78, 5) is 23.4. The largest absolute Gasteiger partial charge is 0.472 e. The molecule has 89 heavy (non-hydrogen) atoms. The van der Waals surface area contributed by atoms with Gasteiger partial charge in [0.1, 0.15) is 13.2 Å².